The Morgan fingerprint density at radius 3 is 2.68 bits per heavy atom. The smallest absolute Gasteiger partial charge is 0.278 e. The Balaban J connectivity index is 1.62. The first-order valence-corrected chi connectivity index (χ1v) is 9.36. The van der Waals surface area contributed by atoms with Gasteiger partial charge in [0.25, 0.3) is 5.91 Å². The van der Waals surface area contributed by atoms with Crippen molar-refractivity contribution in [3.8, 4) is 22.8 Å². The molecule has 0 saturated carbocycles. The summed E-state index contributed by atoms with van der Waals surface area (Å²) in [6, 6.07) is 13.1. The van der Waals surface area contributed by atoms with Gasteiger partial charge in [0.15, 0.2) is 22.3 Å². The molecule has 0 spiro atoms. The van der Waals surface area contributed by atoms with Crippen molar-refractivity contribution >= 4 is 33.3 Å². The molecule has 0 atom stereocenters. The lowest BCUT2D eigenvalue weighted by atomic mass is 10.1. The summed E-state index contributed by atoms with van der Waals surface area (Å²) in [4.78, 5) is 18.2. The van der Waals surface area contributed by atoms with Crippen LogP contribution in [0.1, 0.15) is 15.4 Å². The highest BCUT2D eigenvalue weighted by molar-refractivity contribution is 7.16. The van der Waals surface area contributed by atoms with E-state index in [1.807, 2.05) is 49.4 Å². The van der Waals surface area contributed by atoms with Crippen LogP contribution in [0.2, 0.25) is 0 Å². The number of benzene rings is 2. The van der Waals surface area contributed by atoms with E-state index in [-0.39, 0.29) is 5.91 Å². The molecule has 2 N–H and O–H groups in total. The number of amides is 1. The van der Waals surface area contributed by atoms with Gasteiger partial charge in [0.2, 0.25) is 0 Å². The van der Waals surface area contributed by atoms with Crippen LogP contribution in [0.15, 0.2) is 42.5 Å². The predicted octanol–water partition coefficient (Wildman–Crippen LogP) is 4.26. The van der Waals surface area contributed by atoms with Crippen molar-refractivity contribution in [1.29, 1.82) is 0 Å². The van der Waals surface area contributed by atoms with Gasteiger partial charge >= 0.3 is 0 Å². The molecule has 0 aliphatic rings. The van der Waals surface area contributed by atoms with E-state index in [1.54, 1.807) is 14.2 Å². The Morgan fingerprint density at radius 2 is 1.89 bits per heavy atom. The van der Waals surface area contributed by atoms with Crippen molar-refractivity contribution in [2.75, 3.05) is 19.5 Å². The molecule has 0 radical (unpaired) electrons. The van der Waals surface area contributed by atoms with Crippen molar-refractivity contribution in [2.24, 2.45) is 0 Å². The second kappa shape index (κ2) is 7.32. The molecule has 0 bridgehead atoms. The summed E-state index contributed by atoms with van der Waals surface area (Å²) < 4.78 is 10.7. The Bertz CT molecular complexity index is 1170. The third kappa shape index (κ3) is 3.18. The number of nitrogens with zero attached hydrogens (tertiary/aromatic N) is 2. The zero-order chi connectivity index (χ0) is 19.7. The number of aromatic nitrogens is 3. The van der Waals surface area contributed by atoms with Crippen LogP contribution in [-0.2, 0) is 0 Å². The van der Waals surface area contributed by atoms with Gasteiger partial charge in [0.1, 0.15) is 0 Å². The molecule has 0 aliphatic heterocycles. The normalized spacial score (nSPS) is 10.8. The molecular weight excluding hydrogens is 376 g/mol. The molecule has 0 saturated heterocycles. The quantitative estimate of drug-likeness (QED) is 0.528. The molecule has 142 valence electrons. The molecule has 0 aliphatic carbocycles. The molecular formula is C20H18N4O3S. The van der Waals surface area contributed by atoms with Gasteiger partial charge in [-0.15, -0.1) is 11.3 Å². The summed E-state index contributed by atoms with van der Waals surface area (Å²) >= 11 is 1.41. The zero-order valence-electron chi connectivity index (χ0n) is 15.6. The van der Waals surface area contributed by atoms with Crippen molar-refractivity contribution in [3.63, 3.8) is 0 Å². The van der Waals surface area contributed by atoms with Crippen molar-refractivity contribution in [3.05, 3.63) is 53.0 Å². The monoisotopic (exact) mass is 394 g/mol. The summed E-state index contributed by atoms with van der Waals surface area (Å²) in [6.07, 6.45) is 0. The minimum atomic E-state index is -0.301. The van der Waals surface area contributed by atoms with Crippen LogP contribution in [-0.4, -0.2) is 35.3 Å². The van der Waals surface area contributed by atoms with Gasteiger partial charge < -0.3 is 9.47 Å². The topological polar surface area (TPSA) is 89.1 Å². The zero-order valence-corrected chi connectivity index (χ0v) is 16.4. The van der Waals surface area contributed by atoms with Gasteiger partial charge in [-0.05, 0) is 31.2 Å². The van der Waals surface area contributed by atoms with Crippen LogP contribution >= 0.6 is 11.3 Å². The van der Waals surface area contributed by atoms with Crippen LogP contribution < -0.4 is 14.8 Å². The Labute approximate surface area is 165 Å². The number of para-hydroxylation sites is 1. The molecule has 2 aromatic heterocycles. The number of H-pyrrole nitrogens is 1. The first-order valence-electron chi connectivity index (χ1n) is 8.55. The highest BCUT2D eigenvalue weighted by Gasteiger charge is 2.18. The minimum Gasteiger partial charge on any atom is -0.493 e. The van der Waals surface area contributed by atoms with E-state index in [2.05, 4.69) is 20.5 Å². The van der Waals surface area contributed by atoms with Crippen LogP contribution in [0.4, 0.5) is 5.13 Å². The summed E-state index contributed by atoms with van der Waals surface area (Å²) in [5.41, 5.74) is 2.83. The number of anilines is 1. The number of nitrogens with one attached hydrogen (secondary N) is 2. The molecule has 0 unspecified atom stereocenters. The van der Waals surface area contributed by atoms with Gasteiger partial charge in [0.05, 0.1) is 25.4 Å². The second-order valence-corrected chi connectivity index (χ2v) is 7.27. The highest BCUT2D eigenvalue weighted by atomic mass is 32.1. The molecule has 0 fully saturated rings. The lowest BCUT2D eigenvalue weighted by Gasteiger charge is -2.08. The molecule has 1 amide bonds. The third-order valence-electron chi connectivity index (χ3n) is 4.36. The Kier molecular flexibility index (Phi) is 4.70. The largest absolute Gasteiger partial charge is 0.493 e. The summed E-state index contributed by atoms with van der Waals surface area (Å²) in [5.74, 6) is 0.976. The standard InChI is InChI=1S/C20H18N4O3S/c1-11-17(12-8-9-15(26-2)16(10-12)27-3)21-20(28-11)22-19(25)18-13-6-4-5-7-14(13)23-24-18/h4-10H,1-3H3,(H,23,24)(H,21,22,25). The highest BCUT2D eigenvalue weighted by Crippen LogP contribution is 2.36. The molecule has 7 nitrogen and oxygen atoms in total. The average Bonchev–Trinajstić information content (AvgIpc) is 3.30. The van der Waals surface area contributed by atoms with E-state index in [1.165, 1.54) is 11.3 Å². The lowest BCUT2D eigenvalue weighted by molar-refractivity contribution is 0.102. The number of rotatable bonds is 5. The molecule has 4 aromatic rings. The van der Waals surface area contributed by atoms with Crippen molar-refractivity contribution in [2.45, 2.75) is 6.92 Å². The van der Waals surface area contributed by atoms with Crippen LogP contribution in [0, 0.1) is 6.92 Å². The number of aromatic amines is 1. The molecule has 4 rings (SSSR count). The third-order valence-corrected chi connectivity index (χ3v) is 5.25. The van der Waals surface area contributed by atoms with E-state index < -0.39 is 0 Å². The molecule has 2 aromatic carbocycles. The van der Waals surface area contributed by atoms with Crippen LogP contribution in [0.5, 0.6) is 11.5 Å². The predicted molar refractivity (Wildman–Crippen MR) is 109 cm³/mol. The van der Waals surface area contributed by atoms with Crippen molar-refractivity contribution in [1.82, 2.24) is 15.2 Å². The lowest BCUT2D eigenvalue weighted by Crippen LogP contribution is -2.12. The fourth-order valence-electron chi connectivity index (χ4n) is 2.99. The number of hydrogen-bond donors (Lipinski definition) is 2. The number of carbonyl (C=O) groups is 1. The SMILES string of the molecule is COc1ccc(-c2nc(NC(=O)c3n[nH]c4ccccc34)sc2C)cc1OC. The van der Waals surface area contributed by atoms with Gasteiger partial charge in [-0.3, -0.25) is 15.2 Å². The Morgan fingerprint density at radius 1 is 1.11 bits per heavy atom. The Hall–Kier alpha value is -3.39. The first kappa shape index (κ1) is 18.0. The molecule has 8 heteroatoms. The maximum absolute atomic E-state index is 12.7. The fourth-order valence-corrected chi connectivity index (χ4v) is 3.82. The average molecular weight is 394 g/mol. The van der Waals surface area contributed by atoms with E-state index in [9.17, 15) is 4.79 Å². The van der Waals surface area contributed by atoms with Crippen molar-refractivity contribution < 1.29 is 14.3 Å². The first-order chi connectivity index (χ1) is 13.6. The molecule has 2 heterocycles. The number of fused-ring (bicyclic) bond motifs is 1. The van der Waals surface area contributed by atoms with Crippen LogP contribution in [0.3, 0.4) is 0 Å². The van der Waals surface area contributed by atoms with Gasteiger partial charge in [-0.25, -0.2) is 4.98 Å². The summed E-state index contributed by atoms with van der Waals surface area (Å²) in [6.45, 7) is 1.96. The fraction of sp³-hybridized carbons (Fsp3) is 0.150. The number of ether oxygens (including phenoxy) is 2. The van der Waals surface area contributed by atoms with E-state index in [0.29, 0.717) is 22.3 Å². The number of methoxy groups -OCH3 is 2. The van der Waals surface area contributed by atoms with Crippen LogP contribution in [0.25, 0.3) is 22.2 Å². The van der Waals surface area contributed by atoms with E-state index in [0.717, 1.165) is 27.0 Å². The van der Waals surface area contributed by atoms with Gasteiger partial charge in [-0.2, -0.15) is 5.10 Å². The maximum Gasteiger partial charge on any atom is 0.278 e. The number of aryl methyl sites for hydroxylation is 1. The van der Waals surface area contributed by atoms with E-state index in [4.69, 9.17) is 9.47 Å². The summed E-state index contributed by atoms with van der Waals surface area (Å²) in [5, 5.41) is 11.1. The van der Waals surface area contributed by atoms with E-state index >= 15 is 0 Å². The maximum atomic E-state index is 12.7. The summed E-state index contributed by atoms with van der Waals surface area (Å²) in [7, 11) is 3.19. The second-order valence-electron chi connectivity index (χ2n) is 6.07. The number of hydrogen-bond acceptors (Lipinski definition) is 6. The van der Waals surface area contributed by atoms with Gasteiger partial charge in [0, 0.05) is 15.8 Å². The number of carbonyl (C=O) groups excluding carboxylic acids is 1. The van der Waals surface area contributed by atoms with Gasteiger partial charge in [-0.1, -0.05) is 18.2 Å². The number of thiazole rings is 1. The molecule has 28 heavy (non-hydrogen) atoms. The minimum absolute atomic E-state index is 0.301.